The third-order valence-electron chi connectivity index (χ3n) is 3.72. The van der Waals surface area contributed by atoms with Gasteiger partial charge in [0.05, 0.1) is 34.1 Å². The molecule has 148 valence electrons. The summed E-state index contributed by atoms with van der Waals surface area (Å²) in [5.41, 5.74) is 2.80. The van der Waals surface area contributed by atoms with Gasteiger partial charge in [0.25, 0.3) is 10.1 Å². The zero-order valence-corrected chi connectivity index (χ0v) is 15.7. The zero-order chi connectivity index (χ0) is 20.9. The van der Waals surface area contributed by atoms with E-state index in [9.17, 15) is 13.2 Å². The molecule has 10 heteroatoms. The maximum Gasteiger partial charge on any atom is 0.328 e. The Morgan fingerprint density at radius 1 is 1.10 bits per heavy atom. The second-order valence-electron chi connectivity index (χ2n) is 5.78. The topological polar surface area (TPSA) is 149 Å². The van der Waals surface area contributed by atoms with Gasteiger partial charge in [0.15, 0.2) is 0 Å². The summed E-state index contributed by atoms with van der Waals surface area (Å²) in [6, 6.07) is 13.8. The smallest absolute Gasteiger partial charge is 0.328 e. The van der Waals surface area contributed by atoms with E-state index >= 15 is 0 Å². The van der Waals surface area contributed by atoms with Gasteiger partial charge in [-0.15, -0.1) is 0 Å². The number of hydrogen-bond acceptors (Lipinski definition) is 5. The average molecular weight is 412 g/mol. The largest absolute Gasteiger partial charge is 0.478 e. The molecule has 0 atom stereocenters. The van der Waals surface area contributed by atoms with Crippen molar-refractivity contribution in [1.29, 1.82) is 0 Å². The predicted octanol–water partition coefficient (Wildman–Crippen LogP) is 2.98. The Kier molecular flexibility index (Phi) is 5.86. The fraction of sp³-hybridized carbons (Fsp3) is 0. The molecule has 0 bridgehead atoms. The molecule has 4 rings (SSSR count). The van der Waals surface area contributed by atoms with Crippen LogP contribution in [0.3, 0.4) is 0 Å². The number of H-pyrrole nitrogens is 2. The molecule has 0 radical (unpaired) electrons. The molecule has 2 heterocycles. The Bertz CT molecular complexity index is 1250. The quantitative estimate of drug-likeness (QED) is 0.297. The normalized spacial score (nSPS) is 11.3. The summed E-state index contributed by atoms with van der Waals surface area (Å²) in [5.74, 6) is -0.308. The van der Waals surface area contributed by atoms with E-state index in [1.54, 1.807) is 12.3 Å². The first-order valence-electron chi connectivity index (χ1n) is 8.25. The molecule has 2 aromatic carbocycles. The van der Waals surface area contributed by atoms with Crippen molar-refractivity contribution in [1.82, 2.24) is 19.9 Å². The van der Waals surface area contributed by atoms with E-state index in [4.69, 9.17) is 9.66 Å². The van der Waals surface area contributed by atoms with E-state index in [2.05, 4.69) is 19.9 Å². The summed E-state index contributed by atoms with van der Waals surface area (Å²) in [6.07, 6.45) is 5.52. The molecular weight excluding hydrogens is 396 g/mol. The van der Waals surface area contributed by atoms with Crippen molar-refractivity contribution in [2.24, 2.45) is 0 Å². The summed E-state index contributed by atoms with van der Waals surface area (Å²) in [6.45, 7) is 0. The van der Waals surface area contributed by atoms with Gasteiger partial charge in [-0.3, -0.25) is 4.55 Å². The van der Waals surface area contributed by atoms with E-state index in [1.165, 1.54) is 24.5 Å². The molecule has 2 aromatic heterocycles. The number of nitrogens with one attached hydrogen (secondary N) is 2. The molecule has 0 saturated heterocycles. The average Bonchev–Trinajstić information content (AvgIpc) is 3.36. The monoisotopic (exact) mass is 412 g/mol. The van der Waals surface area contributed by atoms with Gasteiger partial charge in [-0.1, -0.05) is 30.3 Å². The van der Waals surface area contributed by atoms with E-state index in [0.29, 0.717) is 22.6 Å². The molecule has 29 heavy (non-hydrogen) atoms. The Labute approximate surface area is 165 Å². The molecule has 0 aliphatic rings. The lowest BCUT2D eigenvalue weighted by Crippen LogP contribution is -1.97. The van der Waals surface area contributed by atoms with Crippen LogP contribution in [0.2, 0.25) is 0 Å². The van der Waals surface area contributed by atoms with Crippen molar-refractivity contribution in [3.05, 3.63) is 72.8 Å². The molecule has 9 nitrogen and oxygen atoms in total. The first kappa shape index (κ1) is 20.0. The first-order valence-corrected chi connectivity index (χ1v) is 9.69. The minimum Gasteiger partial charge on any atom is -0.478 e. The van der Waals surface area contributed by atoms with E-state index in [0.717, 1.165) is 11.6 Å². The van der Waals surface area contributed by atoms with E-state index in [1.807, 2.05) is 30.3 Å². The molecule has 0 saturated carbocycles. The molecule has 0 fully saturated rings. The predicted molar refractivity (Wildman–Crippen MR) is 107 cm³/mol. The van der Waals surface area contributed by atoms with Crippen LogP contribution in [0.25, 0.3) is 28.5 Å². The van der Waals surface area contributed by atoms with Crippen molar-refractivity contribution < 1.29 is 22.9 Å². The van der Waals surface area contributed by atoms with Crippen LogP contribution < -0.4 is 0 Å². The number of fused-ring (bicyclic) bond motifs is 1. The minimum absolute atomic E-state index is 0.150. The van der Waals surface area contributed by atoms with Crippen molar-refractivity contribution in [3.8, 4) is 11.4 Å². The molecule has 0 aliphatic carbocycles. The zero-order valence-electron chi connectivity index (χ0n) is 14.9. The maximum atomic E-state index is 11.1. The highest BCUT2D eigenvalue weighted by Gasteiger charge is 2.12. The summed E-state index contributed by atoms with van der Waals surface area (Å²) in [5, 5.41) is 8.19. The van der Waals surface area contributed by atoms with Crippen LogP contribution in [0, 0.1) is 0 Å². The Morgan fingerprint density at radius 3 is 2.48 bits per heavy atom. The number of carboxylic acids is 1. The number of aliphatic carboxylic acids is 1. The number of aromatic amines is 2. The number of carbonyl (C=O) groups is 1. The van der Waals surface area contributed by atoms with Crippen LogP contribution in [0.4, 0.5) is 0 Å². The summed E-state index contributed by atoms with van der Waals surface area (Å²) < 4.78 is 31.2. The minimum atomic E-state index is -4.20. The molecule has 4 N–H and O–H groups in total. The summed E-state index contributed by atoms with van der Waals surface area (Å²) in [7, 11) is -4.20. The number of rotatable bonds is 4. The lowest BCUT2D eigenvalue weighted by atomic mass is 10.2. The van der Waals surface area contributed by atoms with Gasteiger partial charge in [-0.25, -0.2) is 14.8 Å². The summed E-state index contributed by atoms with van der Waals surface area (Å²) in [4.78, 5) is 23.7. The second kappa shape index (κ2) is 8.50. The van der Waals surface area contributed by atoms with Gasteiger partial charge in [-0.2, -0.15) is 8.42 Å². The van der Waals surface area contributed by atoms with Gasteiger partial charge >= 0.3 is 5.97 Å². The molecular formula is C19H16N4O5S. The maximum absolute atomic E-state index is 11.1. The van der Waals surface area contributed by atoms with Gasteiger partial charge in [-0.05, 0) is 24.3 Å². The van der Waals surface area contributed by atoms with Crippen LogP contribution in [0.1, 0.15) is 5.69 Å². The van der Waals surface area contributed by atoms with Crippen LogP contribution >= 0.6 is 0 Å². The van der Waals surface area contributed by atoms with Crippen molar-refractivity contribution in [2.45, 2.75) is 4.90 Å². The second-order valence-corrected chi connectivity index (χ2v) is 7.21. The fourth-order valence-corrected chi connectivity index (χ4v) is 2.91. The lowest BCUT2D eigenvalue weighted by Gasteiger charge is -1.95. The fourth-order valence-electron chi connectivity index (χ4n) is 2.40. The highest BCUT2D eigenvalue weighted by atomic mass is 32.2. The van der Waals surface area contributed by atoms with Crippen molar-refractivity contribution in [2.75, 3.05) is 0 Å². The van der Waals surface area contributed by atoms with Crippen LogP contribution in [-0.4, -0.2) is 44.0 Å². The van der Waals surface area contributed by atoms with Crippen molar-refractivity contribution in [3.63, 3.8) is 0 Å². The first-order chi connectivity index (χ1) is 13.8. The number of imidazole rings is 2. The molecule has 4 aromatic rings. The number of aromatic nitrogens is 4. The summed E-state index contributed by atoms with van der Waals surface area (Å²) >= 11 is 0. The van der Waals surface area contributed by atoms with Gasteiger partial charge in [0, 0.05) is 11.6 Å². The van der Waals surface area contributed by atoms with Crippen molar-refractivity contribution >= 4 is 33.2 Å². The van der Waals surface area contributed by atoms with Gasteiger partial charge in [0.2, 0.25) is 0 Å². The number of carboxylic acid groups (broad SMARTS) is 1. The third kappa shape index (κ3) is 5.37. The van der Waals surface area contributed by atoms with E-state index in [-0.39, 0.29) is 4.90 Å². The molecule has 0 spiro atoms. The van der Waals surface area contributed by atoms with Crippen LogP contribution in [-0.2, 0) is 14.9 Å². The Hall–Kier alpha value is -3.76. The lowest BCUT2D eigenvalue weighted by molar-refractivity contribution is -0.131. The Morgan fingerprint density at radius 2 is 1.86 bits per heavy atom. The third-order valence-corrected chi connectivity index (χ3v) is 4.57. The molecule has 0 amide bonds. The van der Waals surface area contributed by atoms with Crippen LogP contribution in [0.5, 0.6) is 0 Å². The molecule has 0 aliphatic heterocycles. The standard InChI is InChI=1S/C13H10N2O3S.C6H6N2O2/c16-19(17,18)10-6-7-11-12(8-10)15-13(14-11)9-4-2-1-3-5-9;9-6(10)2-1-5-3-7-4-8-5/h1-8H,(H,14,15)(H,16,17,18);1-4H,(H,7,8)(H,9,10). The highest BCUT2D eigenvalue weighted by Crippen LogP contribution is 2.22. The SMILES string of the molecule is O=C(O)C=Cc1cnc[nH]1.O=S(=O)(O)c1ccc2nc(-c3ccccc3)[nH]c2c1. The number of hydrogen-bond donors (Lipinski definition) is 4. The Balaban J connectivity index is 0.000000204. The highest BCUT2D eigenvalue weighted by molar-refractivity contribution is 7.85. The van der Waals surface area contributed by atoms with Gasteiger partial charge in [0.1, 0.15) is 5.82 Å². The molecule has 0 unspecified atom stereocenters. The van der Waals surface area contributed by atoms with E-state index < -0.39 is 16.1 Å². The number of benzene rings is 2. The van der Waals surface area contributed by atoms with Gasteiger partial charge < -0.3 is 15.1 Å². The van der Waals surface area contributed by atoms with Crippen LogP contribution in [0.15, 0.2) is 72.0 Å². The number of nitrogens with zero attached hydrogens (tertiary/aromatic N) is 2.